The lowest BCUT2D eigenvalue weighted by atomic mass is 9.93. The number of hydrogen-bond acceptors (Lipinski definition) is 3. The summed E-state index contributed by atoms with van der Waals surface area (Å²) in [6.45, 7) is 0.344. The summed E-state index contributed by atoms with van der Waals surface area (Å²) in [5.74, 6) is 0. The number of amides is 2. The van der Waals surface area contributed by atoms with Crippen molar-refractivity contribution >= 4 is 6.03 Å². The highest BCUT2D eigenvalue weighted by atomic mass is 16.7. The van der Waals surface area contributed by atoms with Gasteiger partial charge in [0.15, 0.2) is 0 Å². The van der Waals surface area contributed by atoms with Gasteiger partial charge < -0.3 is 5.32 Å². The molecule has 1 unspecified atom stereocenters. The standard InChI is InChI=1S/C16H20N4O2/c1-20-15-9-5-8-14(13(15)10-17-20)18-16(21)19-22-11-12-6-3-2-4-7-12/h2-4,6-7,10,14H,5,8-9,11H2,1H3,(H2,18,19,21). The van der Waals surface area contributed by atoms with E-state index in [2.05, 4.69) is 15.9 Å². The molecule has 22 heavy (non-hydrogen) atoms. The SMILES string of the molecule is Cn1ncc2c1CCCC2NC(=O)NOCc1ccccc1. The van der Waals surface area contributed by atoms with Gasteiger partial charge in [0, 0.05) is 18.3 Å². The molecule has 6 nitrogen and oxygen atoms in total. The Labute approximate surface area is 129 Å². The first-order chi connectivity index (χ1) is 10.7. The number of hydroxylamine groups is 1. The lowest BCUT2D eigenvalue weighted by Gasteiger charge is -2.23. The molecule has 2 amide bonds. The van der Waals surface area contributed by atoms with E-state index in [1.54, 1.807) is 0 Å². The smallest absolute Gasteiger partial charge is 0.329 e. The van der Waals surface area contributed by atoms with Gasteiger partial charge in [0.1, 0.15) is 0 Å². The summed E-state index contributed by atoms with van der Waals surface area (Å²) < 4.78 is 1.88. The van der Waals surface area contributed by atoms with Crippen LogP contribution in [-0.4, -0.2) is 15.8 Å². The van der Waals surface area contributed by atoms with Gasteiger partial charge in [-0.2, -0.15) is 5.10 Å². The van der Waals surface area contributed by atoms with Crippen molar-refractivity contribution < 1.29 is 9.63 Å². The van der Waals surface area contributed by atoms with Crippen molar-refractivity contribution in [3.63, 3.8) is 0 Å². The van der Waals surface area contributed by atoms with E-state index in [1.807, 2.05) is 48.3 Å². The molecule has 2 aromatic rings. The van der Waals surface area contributed by atoms with E-state index >= 15 is 0 Å². The Morgan fingerprint density at radius 2 is 2.23 bits per heavy atom. The number of aromatic nitrogens is 2. The molecule has 116 valence electrons. The van der Waals surface area contributed by atoms with E-state index in [-0.39, 0.29) is 12.1 Å². The van der Waals surface area contributed by atoms with E-state index in [1.165, 1.54) is 5.69 Å². The molecular weight excluding hydrogens is 280 g/mol. The van der Waals surface area contributed by atoms with Gasteiger partial charge in [0.05, 0.1) is 18.8 Å². The molecule has 2 N–H and O–H groups in total. The fourth-order valence-corrected chi connectivity index (χ4v) is 2.80. The van der Waals surface area contributed by atoms with Crippen LogP contribution in [0.5, 0.6) is 0 Å². The van der Waals surface area contributed by atoms with Crippen molar-refractivity contribution in [3.05, 3.63) is 53.3 Å². The van der Waals surface area contributed by atoms with Gasteiger partial charge in [-0.3, -0.25) is 9.52 Å². The van der Waals surface area contributed by atoms with Crippen LogP contribution >= 0.6 is 0 Å². The van der Waals surface area contributed by atoms with Gasteiger partial charge >= 0.3 is 6.03 Å². The normalized spacial score (nSPS) is 16.9. The van der Waals surface area contributed by atoms with Gasteiger partial charge in [-0.05, 0) is 24.8 Å². The zero-order valence-electron chi connectivity index (χ0n) is 12.6. The van der Waals surface area contributed by atoms with Crippen LogP contribution in [0.1, 0.15) is 35.7 Å². The van der Waals surface area contributed by atoms with Crippen LogP contribution in [0.2, 0.25) is 0 Å². The molecular formula is C16H20N4O2. The second kappa shape index (κ2) is 6.62. The number of benzene rings is 1. The monoisotopic (exact) mass is 300 g/mol. The number of carbonyl (C=O) groups excluding carboxylic acids is 1. The third-order valence-corrected chi connectivity index (χ3v) is 3.93. The average Bonchev–Trinajstić information content (AvgIpc) is 2.91. The minimum atomic E-state index is -0.322. The molecule has 0 radical (unpaired) electrons. The van der Waals surface area contributed by atoms with Crippen LogP contribution in [0, 0.1) is 0 Å². The van der Waals surface area contributed by atoms with Gasteiger partial charge in [0.2, 0.25) is 0 Å². The molecule has 0 fully saturated rings. The molecule has 1 aromatic carbocycles. The largest absolute Gasteiger partial charge is 0.339 e. The molecule has 3 rings (SSSR count). The van der Waals surface area contributed by atoms with Gasteiger partial charge in [-0.25, -0.2) is 10.3 Å². The predicted molar refractivity (Wildman–Crippen MR) is 81.8 cm³/mol. The van der Waals surface area contributed by atoms with Crippen LogP contribution in [0.25, 0.3) is 0 Å². The maximum absolute atomic E-state index is 11.9. The highest BCUT2D eigenvalue weighted by Gasteiger charge is 2.24. The minimum absolute atomic E-state index is 0.00206. The summed E-state index contributed by atoms with van der Waals surface area (Å²) >= 11 is 0. The summed E-state index contributed by atoms with van der Waals surface area (Å²) in [6.07, 6.45) is 4.81. The Bertz CT molecular complexity index is 639. The van der Waals surface area contributed by atoms with Gasteiger partial charge in [-0.1, -0.05) is 30.3 Å². The summed E-state index contributed by atoms with van der Waals surface area (Å²) in [7, 11) is 1.93. The van der Waals surface area contributed by atoms with E-state index in [4.69, 9.17) is 4.84 Å². The highest BCUT2D eigenvalue weighted by molar-refractivity contribution is 5.73. The fraction of sp³-hybridized carbons (Fsp3) is 0.375. The Morgan fingerprint density at radius 1 is 1.41 bits per heavy atom. The molecule has 1 aliphatic carbocycles. The van der Waals surface area contributed by atoms with E-state index < -0.39 is 0 Å². The molecule has 0 spiro atoms. The molecule has 1 aliphatic rings. The Balaban J connectivity index is 1.50. The Kier molecular flexibility index (Phi) is 4.39. The zero-order chi connectivity index (χ0) is 15.4. The number of nitrogens with one attached hydrogen (secondary N) is 2. The fourth-order valence-electron chi connectivity index (χ4n) is 2.80. The number of aryl methyl sites for hydroxylation is 1. The third kappa shape index (κ3) is 3.28. The first kappa shape index (κ1) is 14.6. The van der Waals surface area contributed by atoms with Crippen LogP contribution in [0.15, 0.2) is 36.5 Å². The number of hydrogen-bond donors (Lipinski definition) is 2. The molecule has 0 saturated carbocycles. The number of fused-ring (bicyclic) bond motifs is 1. The highest BCUT2D eigenvalue weighted by Crippen LogP contribution is 2.28. The molecule has 0 saturated heterocycles. The van der Waals surface area contributed by atoms with Crippen molar-refractivity contribution in [1.29, 1.82) is 0 Å². The topological polar surface area (TPSA) is 68.2 Å². The van der Waals surface area contributed by atoms with Gasteiger partial charge in [-0.15, -0.1) is 0 Å². The zero-order valence-corrected chi connectivity index (χ0v) is 12.6. The first-order valence-corrected chi connectivity index (χ1v) is 7.47. The lowest BCUT2D eigenvalue weighted by molar-refractivity contribution is 0.0479. The molecule has 0 aliphatic heterocycles. The molecule has 0 bridgehead atoms. The molecule has 1 atom stereocenters. The van der Waals surface area contributed by atoms with E-state index in [9.17, 15) is 4.79 Å². The number of carbonyl (C=O) groups is 1. The average molecular weight is 300 g/mol. The van der Waals surface area contributed by atoms with Crippen molar-refractivity contribution in [3.8, 4) is 0 Å². The third-order valence-electron chi connectivity index (χ3n) is 3.93. The quantitative estimate of drug-likeness (QED) is 0.851. The Morgan fingerprint density at radius 3 is 3.05 bits per heavy atom. The predicted octanol–water partition coefficient (Wildman–Crippen LogP) is 2.23. The van der Waals surface area contributed by atoms with E-state index in [0.29, 0.717) is 6.61 Å². The van der Waals surface area contributed by atoms with Crippen molar-refractivity contribution in [2.75, 3.05) is 0 Å². The summed E-state index contributed by atoms with van der Waals surface area (Å²) in [4.78, 5) is 17.2. The Hall–Kier alpha value is -2.34. The number of nitrogens with zero attached hydrogens (tertiary/aromatic N) is 2. The van der Waals surface area contributed by atoms with Crippen LogP contribution in [0.3, 0.4) is 0 Å². The summed E-state index contributed by atoms with van der Waals surface area (Å²) in [5.41, 5.74) is 5.75. The lowest BCUT2D eigenvalue weighted by Crippen LogP contribution is -2.39. The maximum Gasteiger partial charge on any atom is 0.339 e. The van der Waals surface area contributed by atoms with E-state index in [0.717, 1.165) is 30.4 Å². The maximum atomic E-state index is 11.9. The van der Waals surface area contributed by atoms with Crippen LogP contribution in [-0.2, 0) is 24.9 Å². The van der Waals surface area contributed by atoms with Crippen molar-refractivity contribution in [2.45, 2.75) is 31.9 Å². The van der Waals surface area contributed by atoms with Crippen molar-refractivity contribution in [2.24, 2.45) is 7.05 Å². The molecule has 6 heteroatoms. The number of urea groups is 1. The molecule has 1 aromatic heterocycles. The second-order valence-electron chi connectivity index (χ2n) is 5.46. The minimum Gasteiger partial charge on any atom is -0.329 e. The van der Waals surface area contributed by atoms with Crippen LogP contribution < -0.4 is 10.8 Å². The van der Waals surface area contributed by atoms with Crippen molar-refractivity contribution in [1.82, 2.24) is 20.6 Å². The molecule has 1 heterocycles. The first-order valence-electron chi connectivity index (χ1n) is 7.47. The number of rotatable bonds is 4. The summed E-state index contributed by atoms with van der Waals surface area (Å²) in [5, 5.41) is 7.22. The van der Waals surface area contributed by atoms with Crippen LogP contribution in [0.4, 0.5) is 4.79 Å². The summed E-state index contributed by atoms with van der Waals surface area (Å²) in [6, 6.07) is 9.38. The van der Waals surface area contributed by atoms with Gasteiger partial charge in [0.25, 0.3) is 0 Å². The second-order valence-corrected chi connectivity index (χ2v) is 5.46.